The van der Waals surface area contributed by atoms with Crippen LogP contribution < -0.4 is 9.47 Å². The Labute approximate surface area is 151 Å². The molecule has 7 heteroatoms. The van der Waals surface area contributed by atoms with Crippen LogP contribution in [-0.2, 0) is 11.3 Å². The molecule has 0 bridgehead atoms. The Morgan fingerprint density at radius 1 is 1.25 bits per heavy atom. The molecule has 0 radical (unpaired) electrons. The summed E-state index contributed by atoms with van der Waals surface area (Å²) in [5, 5.41) is 10.9. The van der Waals surface area contributed by atoms with E-state index in [4.69, 9.17) is 25.8 Å². The van der Waals surface area contributed by atoms with Gasteiger partial charge < -0.3 is 19.3 Å². The van der Waals surface area contributed by atoms with Crippen LogP contribution in [0.15, 0.2) is 34.8 Å². The van der Waals surface area contributed by atoms with Crippen LogP contribution in [0.1, 0.15) is 27.6 Å². The Morgan fingerprint density at radius 3 is 2.92 bits per heavy atom. The van der Waals surface area contributed by atoms with Crippen LogP contribution >= 0.6 is 27.5 Å². The van der Waals surface area contributed by atoms with Crippen LogP contribution in [0.25, 0.3) is 0 Å². The molecule has 1 N–H and O–H groups in total. The van der Waals surface area contributed by atoms with Gasteiger partial charge >= 0.3 is 0 Å². The summed E-state index contributed by atoms with van der Waals surface area (Å²) in [6.45, 7) is 0.509. The van der Waals surface area contributed by atoms with Gasteiger partial charge in [0.05, 0.1) is 12.2 Å². The standard InChI is InChI=1S/C17H12BrClO5/c18-9-3-8-6-22-7-23-16(8)12(4-9)17-15(21)14(20)11-5-10(19)1-2-13(11)24-17/h1-5,15,17,21H,6-7H2/t15-,17-/m1/s1. The monoisotopic (exact) mass is 410 g/mol. The molecule has 2 aliphatic rings. The fourth-order valence-corrected chi connectivity index (χ4v) is 3.64. The number of carbonyl (C=O) groups is 1. The van der Waals surface area contributed by atoms with Gasteiger partial charge in [0, 0.05) is 20.6 Å². The summed E-state index contributed by atoms with van der Waals surface area (Å²) in [6.07, 6.45) is -2.21. The number of hydrogen-bond donors (Lipinski definition) is 1. The minimum absolute atomic E-state index is 0.116. The summed E-state index contributed by atoms with van der Waals surface area (Å²) >= 11 is 9.36. The molecule has 4 rings (SSSR count). The van der Waals surface area contributed by atoms with Crippen LogP contribution in [0.3, 0.4) is 0 Å². The van der Waals surface area contributed by atoms with Gasteiger partial charge in [-0.05, 0) is 30.3 Å². The lowest BCUT2D eigenvalue weighted by Gasteiger charge is -2.32. The van der Waals surface area contributed by atoms with Gasteiger partial charge in [-0.2, -0.15) is 0 Å². The van der Waals surface area contributed by atoms with E-state index in [0.29, 0.717) is 28.7 Å². The fourth-order valence-electron chi connectivity index (χ4n) is 2.95. The zero-order chi connectivity index (χ0) is 16.8. The average Bonchev–Trinajstić information content (AvgIpc) is 2.58. The van der Waals surface area contributed by atoms with Gasteiger partial charge in [-0.1, -0.05) is 27.5 Å². The average molecular weight is 412 g/mol. The highest BCUT2D eigenvalue weighted by Gasteiger charge is 2.39. The van der Waals surface area contributed by atoms with E-state index in [0.717, 1.165) is 10.0 Å². The van der Waals surface area contributed by atoms with Gasteiger partial charge in [-0.3, -0.25) is 4.79 Å². The topological polar surface area (TPSA) is 65.0 Å². The summed E-state index contributed by atoms with van der Waals surface area (Å²) < 4.78 is 17.6. The molecule has 0 aromatic heterocycles. The lowest BCUT2D eigenvalue weighted by Crippen LogP contribution is -2.36. The maximum atomic E-state index is 12.5. The van der Waals surface area contributed by atoms with Crippen LogP contribution in [-0.4, -0.2) is 23.8 Å². The predicted molar refractivity (Wildman–Crippen MR) is 89.6 cm³/mol. The maximum absolute atomic E-state index is 12.5. The van der Waals surface area contributed by atoms with Crippen LogP contribution in [0.5, 0.6) is 11.5 Å². The van der Waals surface area contributed by atoms with Crippen molar-refractivity contribution < 1.29 is 24.1 Å². The fraction of sp³-hybridized carbons (Fsp3) is 0.235. The predicted octanol–water partition coefficient (Wildman–Crippen LogP) is 3.65. The number of rotatable bonds is 1. The van der Waals surface area contributed by atoms with E-state index in [2.05, 4.69) is 15.9 Å². The highest BCUT2D eigenvalue weighted by atomic mass is 79.9. The third-order valence-electron chi connectivity index (χ3n) is 4.03. The van der Waals surface area contributed by atoms with Crippen molar-refractivity contribution in [3.05, 3.63) is 56.5 Å². The number of aliphatic hydroxyl groups excluding tert-OH is 1. The molecule has 24 heavy (non-hydrogen) atoms. The Morgan fingerprint density at radius 2 is 2.08 bits per heavy atom. The molecule has 2 aromatic rings. The van der Waals surface area contributed by atoms with Gasteiger partial charge in [-0.25, -0.2) is 0 Å². The minimum atomic E-state index is -1.35. The third kappa shape index (κ3) is 2.59. The van der Waals surface area contributed by atoms with Gasteiger partial charge in [-0.15, -0.1) is 0 Å². The second-order valence-corrected chi connectivity index (χ2v) is 6.93. The van der Waals surface area contributed by atoms with Gasteiger partial charge in [0.2, 0.25) is 0 Å². The first-order valence-corrected chi connectivity index (χ1v) is 8.43. The van der Waals surface area contributed by atoms with E-state index >= 15 is 0 Å². The number of ether oxygens (including phenoxy) is 3. The Hall–Kier alpha value is -1.60. The molecule has 2 aliphatic heterocycles. The van der Waals surface area contributed by atoms with Crippen molar-refractivity contribution >= 4 is 33.3 Å². The molecule has 0 fully saturated rings. The van der Waals surface area contributed by atoms with Gasteiger partial charge in [0.1, 0.15) is 11.5 Å². The molecule has 2 atom stereocenters. The summed E-state index contributed by atoms with van der Waals surface area (Å²) in [5.41, 5.74) is 1.71. The molecule has 0 amide bonds. The Kier molecular flexibility index (Phi) is 4.00. The first-order chi connectivity index (χ1) is 11.5. The molecular weight excluding hydrogens is 400 g/mol. The molecule has 0 unspecified atom stereocenters. The minimum Gasteiger partial charge on any atom is -0.482 e. The first kappa shape index (κ1) is 15.9. The molecule has 2 heterocycles. The van der Waals surface area contributed by atoms with Crippen molar-refractivity contribution in [1.82, 2.24) is 0 Å². The zero-order valence-electron chi connectivity index (χ0n) is 12.3. The van der Waals surface area contributed by atoms with Crippen molar-refractivity contribution in [3.8, 4) is 11.5 Å². The number of halogens is 2. The SMILES string of the molecule is O=C1c2cc(Cl)ccc2O[C@H](c2cc(Br)cc3c2OCOC3)[C@@H]1O. The van der Waals surface area contributed by atoms with Crippen LogP contribution in [0.2, 0.25) is 5.02 Å². The highest BCUT2D eigenvalue weighted by molar-refractivity contribution is 9.10. The highest BCUT2D eigenvalue weighted by Crippen LogP contribution is 2.42. The quantitative estimate of drug-likeness (QED) is 0.776. The normalized spacial score (nSPS) is 22.2. The molecule has 0 spiro atoms. The molecule has 0 saturated heterocycles. The lowest BCUT2D eigenvalue weighted by atomic mass is 9.92. The summed E-state index contributed by atoms with van der Waals surface area (Å²) in [6, 6.07) is 8.43. The van der Waals surface area contributed by atoms with Gasteiger partial charge in [0.15, 0.2) is 24.8 Å². The molecular formula is C17H12BrClO5. The number of benzene rings is 2. The molecule has 0 saturated carbocycles. The van der Waals surface area contributed by atoms with Crippen molar-refractivity contribution in [2.45, 2.75) is 18.8 Å². The second-order valence-electron chi connectivity index (χ2n) is 5.58. The van der Waals surface area contributed by atoms with E-state index in [1.54, 1.807) is 18.2 Å². The van der Waals surface area contributed by atoms with Gasteiger partial charge in [0.25, 0.3) is 0 Å². The number of hydrogen-bond acceptors (Lipinski definition) is 5. The zero-order valence-corrected chi connectivity index (χ0v) is 14.6. The number of fused-ring (bicyclic) bond motifs is 2. The Balaban J connectivity index is 1.82. The van der Waals surface area contributed by atoms with Crippen molar-refractivity contribution in [2.75, 3.05) is 6.79 Å². The van der Waals surface area contributed by atoms with Crippen molar-refractivity contribution in [3.63, 3.8) is 0 Å². The van der Waals surface area contributed by atoms with E-state index in [1.165, 1.54) is 6.07 Å². The smallest absolute Gasteiger partial charge is 0.199 e. The number of Topliss-reactive ketones (excluding diaryl/α,β-unsaturated/α-hetero) is 1. The number of ketones is 1. The van der Waals surface area contributed by atoms with E-state index in [9.17, 15) is 9.90 Å². The second kappa shape index (κ2) is 6.04. The lowest BCUT2D eigenvalue weighted by molar-refractivity contribution is -0.0214. The van der Waals surface area contributed by atoms with E-state index in [1.807, 2.05) is 6.07 Å². The largest absolute Gasteiger partial charge is 0.482 e. The molecule has 0 aliphatic carbocycles. The Bertz CT molecular complexity index is 838. The summed E-state index contributed by atoms with van der Waals surface area (Å²) in [4.78, 5) is 12.5. The van der Waals surface area contributed by atoms with Crippen LogP contribution in [0, 0.1) is 0 Å². The third-order valence-corrected chi connectivity index (χ3v) is 4.72. The molecule has 5 nitrogen and oxygen atoms in total. The van der Waals surface area contributed by atoms with E-state index < -0.39 is 18.0 Å². The van der Waals surface area contributed by atoms with E-state index in [-0.39, 0.29) is 12.4 Å². The molecule has 124 valence electrons. The van der Waals surface area contributed by atoms with Crippen LogP contribution in [0.4, 0.5) is 0 Å². The maximum Gasteiger partial charge on any atom is 0.199 e. The first-order valence-electron chi connectivity index (χ1n) is 7.26. The van der Waals surface area contributed by atoms with Crippen molar-refractivity contribution in [1.29, 1.82) is 0 Å². The van der Waals surface area contributed by atoms with Crippen molar-refractivity contribution in [2.24, 2.45) is 0 Å². The number of carbonyl (C=O) groups excluding carboxylic acids is 1. The summed E-state index contributed by atoms with van der Waals surface area (Å²) in [5.74, 6) is 0.545. The number of aliphatic hydroxyl groups is 1. The molecule has 2 aromatic carbocycles. The summed E-state index contributed by atoms with van der Waals surface area (Å²) in [7, 11) is 0.